The van der Waals surface area contributed by atoms with E-state index in [2.05, 4.69) is 0 Å². The number of benzene rings is 2. The van der Waals surface area contributed by atoms with Crippen LogP contribution in [0, 0.1) is 0 Å². The molecule has 4 atom stereocenters. The van der Waals surface area contributed by atoms with Gasteiger partial charge in [0.05, 0.1) is 18.7 Å². The summed E-state index contributed by atoms with van der Waals surface area (Å²) < 4.78 is 10.8. The van der Waals surface area contributed by atoms with Crippen LogP contribution < -0.4 is 0 Å². The van der Waals surface area contributed by atoms with E-state index in [-0.39, 0.29) is 35.6 Å². The molecule has 0 N–H and O–H groups in total. The number of hydrogen-bond acceptors (Lipinski definition) is 4. The Morgan fingerprint density at radius 1 is 1.00 bits per heavy atom. The fraction of sp³-hybridized carbons (Fsp3) is 0.364. The molecule has 0 unspecified atom stereocenters. The molecule has 28 heavy (non-hydrogen) atoms. The first kappa shape index (κ1) is 18.8. The minimum atomic E-state index is -0.387. The van der Waals surface area contributed by atoms with Crippen molar-refractivity contribution in [3.63, 3.8) is 0 Å². The molecule has 0 radical (unpaired) electrons. The summed E-state index contributed by atoms with van der Waals surface area (Å²) in [6.45, 7) is 0. The van der Waals surface area contributed by atoms with Crippen LogP contribution in [0.3, 0.4) is 0 Å². The van der Waals surface area contributed by atoms with Crippen molar-refractivity contribution in [3.8, 4) is 11.1 Å². The van der Waals surface area contributed by atoms with E-state index >= 15 is 0 Å². The first-order chi connectivity index (χ1) is 13.6. The molecule has 2 aromatic rings. The maximum absolute atomic E-state index is 13.0. The van der Waals surface area contributed by atoms with Crippen LogP contribution in [-0.4, -0.2) is 47.6 Å². The van der Waals surface area contributed by atoms with Crippen LogP contribution in [-0.2, 0) is 9.47 Å². The van der Waals surface area contributed by atoms with Crippen molar-refractivity contribution in [2.75, 3.05) is 7.11 Å². The number of nitrogens with zero attached hydrogens (tertiary/aromatic N) is 1. The molecular formula is C22H22ClNO4. The van der Waals surface area contributed by atoms with Crippen LogP contribution in [0.1, 0.15) is 29.6 Å². The van der Waals surface area contributed by atoms with Crippen molar-refractivity contribution in [1.29, 1.82) is 0 Å². The highest BCUT2D eigenvalue weighted by molar-refractivity contribution is 6.20. The van der Waals surface area contributed by atoms with E-state index < -0.39 is 0 Å². The van der Waals surface area contributed by atoms with Crippen molar-refractivity contribution >= 4 is 23.7 Å². The molecule has 0 spiro atoms. The number of amides is 1. The second kappa shape index (κ2) is 7.84. The van der Waals surface area contributed by atoms with Crippen LogP contribution >= 0.6 is 11.6 Å². The molecule has 146 valence electrons. The van der Waals surface area contributed by atoms with Gasteiger partial charge in [0.25, 0.3) is 0 Å². The molecule has 0 aliphatic carbocycles. The second-order valence-electron chi connectivity index (χ2n) is 7.26. The fourth-order valence-corrected chi connectivity index (χ4v) is 4.75. The Labute approximate surface area is 169 Å². The van der Waals surface area contributed by atoms with Crippen molar-refractivity contribution in [2.45, 2.75) is 42.8 Å². The van der Waals surface area contributed by atoms with E-state index in [1.807, 2.05) is 48.5 Å². The number of carbonyl (C=O) groups is 2. The second-order valence-corrected chi connectivity index (χ2v) is 7.88. The van der Waals surface area contributed by atoms with Crippen LogP contribution in [0.5, 0.6) is 0 Å². The quantitative estimate of drug-likeness (QED) is 0.563. The molecule has 2 heterocycles. The molecule has 2 aliphatic heterocycles. The third-order valence-corrected chi connectivity index (χ3v) is 5.94. The van der Waals surface area contributed by atoms with Crippen molar-refractivity contribution in [1.82, 2.24) is 4.90 Å². The predicted molar refractivity (Wildman–Crippen MR) is 106 cm³/mol. The SMILES string of the molecule is COC(=O)N1[C@@H]2C[C@H](Cl)C[C@H]1[C@H](OC(=O)c1ccccc1-c1ccccc1)C2. The number of rotatable bonds is 3. The Morgan fingerprint density at radius 2 is 1.71 bits per heavy atom. The number of alkyl halides is 1. The summed E-state index contributed by atoms with van der Waals surface area (Å²) in [5.74, 6) is -0.382. The molecular weight excluding hydrogens is 378 g/mol. The summed E-state index contributed by atoms with van der Waals surface area (Å²) in [5.41, 5.74) is 2.30. The summed E-state index contributed by atoms with van der Waals surface area (Å²) in [4.78, 5) is 26.9. The molecule has 0 saturated carbocycles. The molecule has 1 amide bonds. The molecule has 6 heteroatoms. The first-order valence-electron chi connectivity index (χ1n) is 9.44. The van der Waals surface area contributed by atoms with E-state index in [4.69, 9.17) is 21.1 Å². The normalized spacial score (nSPS) is 26.0. The molecule has 5 nitrogen and oxygen atoms in total. The van der Waals surface area contributed by atoms with Crippen LogP contribution in [0.2, 0.25) is 0 Å². The van der Waals surface area contributed by atoms with Gasteiger partial charge in [-0.05, 0) is 30.0 Å². The van der Waals surface area contributed by atoms with E-state index in [1.54, 1.807) is 11.0 Å². The van der Waals surface area contributed by atoms with Crippen molar-refractivity contribution in [2.24, 2.45) is 0 Å². The molecule has 2 bridgehead atoms. The lowest BCUT2D eigenvalue weighted by atomic mass is 9.99. The van der Waals surface area contributed by atoms with Crippen LogP contribution in [0.25, 0.3) is 11.1 Å². The highest BCUT2D eigenvalue weighted by Gasteiger charge is 2.51. The van der Waals surface area contributed by atoms with Gasteiger partial charge in [0.2, 0.25) is 0 Å². The summed E-state index contributed by atoms with van der Waals surface area (Å²) in [5, 5.41) is -0.0313. The Bertz CT molecular complexity index is 872. The van der Waals surface area contributed by atoms with Gasteiger partial charge in [-0.2, -0.15) is 0 Å². The Balaban J connectivity index is 1.57. The van der Waals surface area contributed by atoms with Crippen LogP contribution in [0.4, 0.5) is 4.79 Å². The zero-order valence-corrected chi connectivity index (χ0v) is 16.3. The summed E-state index contributed by atoms with van der Waals surface area (Å²) in [6, 6.07) is 16.8. The standard InChI is InChI=1S/C22H22ClNO4/c1-27-22(26)24-16-11-15(23)12-19(24)20(13-16)28-21(25)18-10-6-5-9-17(18)14-7-3-2-4-8-14/h2-10,15-16,19-20H,11-13H2,1H3/t15-,16+,19-,20+/m0/s1. The van der Waals surface area contributed by atoms with Gasteiger partial charge in [-0.25, -0.2) is 9.59 Å². The van der Waals surface area contributed by atoms with Crippen molar-refractivity contribution in [3.05, 3.63) is 60.2 Å². The average molecular weight is 400 g/mol. The van der Waals surface area contributed by atoms with E-state index in [1.165, 1.54) is 7.11 Å². The molecule has 2 aromatic carbocycles. The predicted octanol–water partition coefficient (Wildman–Crippen LogP) is 4.49. The Kier molecular flexibility index (Phi) is 5.27. The molecule has 4 rings (SSSR count). The van der Waals surface area contributed by atoms with Gasteiger partial charge >= 0.3 is 12.1 Å². The summed E-state index contributed by atoms with van der Waals surface area (Å²) in [6.07, 6.45) is 1.08. The lowest BCUT2D eigenvalue weighted by Crippen LogP contribution is -2.49. The van der Waals surface area contributed by atoms with E-state index in [0.717, 1.165) is 11.1 Å². The zero-order chi connectivity index (χ0) is 19.7. The molecule has 2 aliphatic rings. The molecule has 2 fully saturated rings. The Hall–Kier alpha value is -2.53. The maximum Gasteiger partial charge on any atom is 0.410 e. The number of hydrogen-bond donors (Lipinski definition) is 0. The van der Waals surface area contributed by atoms with E-state index in [9.17, 15) is 9.59 Å². The van der Waals surface area contributed by atoms with Gasteiger partial charge in [0.15, 0.2) is 0 Å². The van der Waals surface area contributed by atoms with Gasteiger partial charge in [-0.1, -0.05) is 48.5 Å². The molecule has 2 saturated heterocycles. The lowest BCUT2D eigenvalue weighted by molar-refractivity contribution is 0.0165. The molecule has 0 aromatic heterocycles. The minimum Gasteiger partial charge on any atom is -0.456 e. The number of fused-ring (bicyclic) bond motifs is 2. The number of carbonyl (C=O) groups excluding carboxylic acids is 2. The van der Waals surface area contributed by atoms with Gasteiger partial charge < -0.3 is 9.47 Å². The highest BCUT2D eigenvalue weighted by Crippen LogP contribution is 2.40. The average Bonchev–Trinajstić information content (AvgIpc) is 2.95. The number of ether oxygens (including phenoxy) is 2. The lowest BCUT2D eigenvalue weighted by Gasteiger charge is -2.36. The van der Waals surface area contributed by atoms with Crippen LogP contribution in [0.15, 0.2) is 54.6 Å². The third-order valence-electron chi connectivity index (χ3n) is 5.58. The number of methoxy groups -OCH3 is 1. The van der Waals surface area contributed by atoms with Gasteiger partial charge in [-0.3, -0.25) is 4.90 Å². The first-order valence-corrected chi connectivity index (χ1v) is 9.88. The van der Waals surface area contributed by atoms with Gasteiger partial charge in [-0.15, -0.1) is 11.6 Å². The smallest absolute Gasteiger partial charge is 0.410 e. The fourth-order valence-electron chi connectivity index (χ4n) is 4.37. The summed E-state index contributed by atoms with van der Waals surface area (Å²) >= 11 is 6.36. The number of esters is 1. The highest BCUT2D eigenvalue weighted by atomic mass is 35.5. The maximum atomic E-state index is 13.0. The Morgan fingerprint density at radius 3 is 2.46 bits per heavy atom. The number of halogens is 1. The van der Waals surface area contributed by atoms with Crippen molar-refractivity contribution < 1.29 is 19.1 Å². The minimum absolute atomic E-state index is 0.0313. The summed E-state index contributed by atoms with van der Waals surface area (Å²) in [7, 11) is 1.37. The van der Waals surface area contributed by atoms with Gasteiger partial charge in [0.1, 0.15) is 6.10 Å². The number of piperidine rings is 1. The largest absolute Gasteiger partial charge is 0.456 e. The monoisotopic (exact) mass is 399 g/mol. The third kappa shape index (κ3) is 3.47. The van der Waals surface area contributed by atoms with Gasteiger partial charge in [0, 0.05) is 17.8 Å². The zero-order valence-electron chi connectivity index (χ0n) is 15.6. The van der Waals surface area contributed by atoms with E-state index in [0.29, 0.717) is 24.8 Å². The topological polar surface area (TPSA) is 55.8 Å².